The molecule has 3 rings (SSSR count). The molecule has 1 N–H and O–H groups in total. The van der Waals surface area contributed by atoms with Crippen LogP contribution in [0.15, 0.2) is 47.1 Å². The summed E-state index contributed by atoms with van der Waals surface area (Å²) < 4.78 is 29.1. The lowest BCUT2D eigenvalue weighted by Crippen LogP contribution is -2.41. The number of hydrogen-bond donors (Lipinski definition) is 1. The largest absolute Gasteiger partial charge is 0.468 e. The summed E-state index contributed by atoms with van der Waals surface area (Å²) in [7, 11) is -3.08. The minimum Gasteiger partial charge on any atom is -0.468 e. The van der Waals surface area contributed by atoms with Crippen molar-refractivity contribution in [2.75, 3.05) is 23.4 Å². The summed E-state index contributed by atoms with van der Waals surface area (Å²) in [6, 6.07) is 10.1. The van der Waals surface area contributed by atoms with Crippen LogP contribution in [0.3, 0.4) is 0 Å². The standard InChI is InChI=1S/C19H22N2O5S/c1-14(22)17-6-2-3-7-18(17)20-19(23)12-21(11-16-5-4-9-26-16)15-8-10-27(24,25)13-15/h2-7,9,15H,8,10-13H2,1H3,(H,20,23). The van der Waals surface area contributed by atoms with Gasteiger partial charge in [-0.25, -0.2) is 8.42 Å². The average molecular weight is 390 g/mol. The van der Waals surface area contributed by atoms with Crippen LogP contribution in [-0.4, -0.2) is 49.1 Å². The molecule has 0 bridgehead atoms. The summed E-state index contributed by atoms with van der Waals surface area (Å²) in [5.74, 6) is 0.377. The van der Waals surface area contributed by atoms with Gasteiger partial charge in [-0.2, -0.15) is 0 Å². The number of benzene rings is 1. The van der Waals surface area contributed by atoms with Crippen LogP contribution in [0.4, 0.5) is 5.69 Å². The van der Waals surface area contributed by atoms with E-state index in [1.807, 2.05) is 4.90 Å². The molecule has 1 atom stereocenters. The van der Waals surface area contributed by atoms with Gasteiger partial charge in [-0.15, -0.1) is 0 Å². The first-order valence-corrected chi connectivity index (χ1v) is 10.5. The van der Waals surface area contributed by atoms with Gasteiger partial charge in [0.05, 0.1) is 36.5 Å². The molecule has 2 heterocycles. The molecule has 1 aromatic heterocycles. The molecule has 8 heteroatoms. The predicted molar refractivity (Wildman–Crippen MR) is 101 cm³/mol. The maximum absolute atomic E-state index is 12.6. The summed E-state index contributed by atoms with van der Waals surface area (Å²) in [5, 5.41) is 2.76. The molecule has 144 valence electrons. The highest BCUT2D eigenvalue weighted by Gasteiger charge is 2.33. The van der Waals surface area contributed by atoms with E-state index in [4.69, 9.17) is 4.42 Å². The molecule has 2 aromatic rings. The maximum Gasteiger partial charge on any atom is 0.238 e. The highest BCUT2D eigenvalue weighted by molar-refractivity contribution is 7.91. The minimum atomic E-state index is -3.08. The van der Waals surface area contributed by atoms with E-state index in [0.29, 0.717) is 30.0 Å². The highest BCUT2D eigenvalue weighted by Crippen LogP contribution is 2.21. The van der Waals surface area contributed by atoms with Crippen LogP contribution in [0.2, 0.25) is 0 Å². The second kappa shape index (κ2) is 8.06. The maximum atomic E-state index is 12.6. The topological polar surface area (TPSA) is 96.7 Å². The van der Waals surface area contributed by atoms with E-state index in [1.165, 1.54) is 6.92 Å². The van der Waals surface area contributed by atoms with Gasteiger partial charge in [0.1, 0.15) is 5.76 Å². The van der Waals surface area contributed by atoms with E-state index in [0.717, 1.165) is 0 Å². The summed E-state index contributed by atoms with van der Waals surface area (Å²) in [5.41, 5.74) is 0.888. The SMILES string of the molecule is CC(=O)c1ccccc1NC(=O)CN(Cc1ccco1)C1CCS(=O)(=O)C1. The number of Topliss-reactive ketones (excluding diaryl/α,β-unsaturated/α-hetero) is 1. The molecule has 1 aromatic carbocycles. The molecule has 0 saturated carbocycles. The van der Waals surface area contributed by atoms with Crippen LogP contribution in [0, 0.1) is 0 Å². The number of amides is 1. The van der Waals surface area contributed by atoms with Crippen molar-refractivity contribution < 1.29 is 22.4 Å². The minimum absolute atomic E-state index is 0.00707. The molecule has 1 fully saturated rings. The zero-order valence-corrected chi connectivity index (χ0v) is 15.9. The molecule has 1 amide bonds. The number of furan rings is 1. The van der Waals surface area contributed by atoms with Crippen molar-refractivity contribution in [1.29, 1.82) is 0 Å². The first kappa shape index (κ1) is 19.3. The van der Waals surface area contributed by atoms with Crippen molar-refractivity contribution in [3.63, 3.8) is 0 Å². The lowest BCUT2D eigenvalue weighted by atomic mass is 10.1. The predicted octanol–water partition coefficient (Wildman–Crippen LogP) is 2.11. The molecule has 1 aliphatic heterocycles. The quantitative estimate of drug-likeness (QED) is 0.728. The van der Waals surface area contributed by atoms with Gasteiger partial charge in [0, 0.05) is 11.6 Å². The van der Waals surface area contributed by atoms with Gasteiger partial charge in [0.2, 0.25) is 5.91 Å². The second-order valence-electron chi connectivity index (χ2n) is 6.69. The molecule has 1 aliphatic rings. The summed E-state index contributed by atoms with van der Waals surface area (Å²) >= 11 is 0. The highest BCUT2D eigenvalue weighted by atomic mass is 32.2. The fourth-order valence-corrected chi connectivity index (χ4v) is 5.02. The number of sulfone groups is 1. The third kappa shape index (κ3) is 5.05. The van der Waals surface area contributed by atoms with Crippen molar-refractivity contribution in [2.45, 2.75) is 25.9 Å². The smallest absolute Gasteiger partial charge is 0.238 e. The van der Waals surface area contributed by atoms with Crippen LogP contribution in [0.1, 0.15) is 29.5 Å². The van der Waals surface area contributed by atoms with Gasteiger partial charge in [-0.05, 0) is 37.6 Å². The van der Waals surface area contributed by atoms with Crippen LogP contribution < -0.4 is 5.32 Å². The number of anilines is 1. The number of carbonyl (C=O) groups excluding carboxylic acids is 2. The Morgan fingerprint density at radius 2 is 2.00 bits per heavy atom. The molecule has 0 spiro atoms. The second-order valence-corrected chi connectivity index (χ2v) is 8.92. The van der Waals surface area contributed by atoms with E-state index < -0.39 is 9.84 Å². The van der Waals surface area contributed by atoms with Gasteiger partial charge >= 0.3 is 0 Å². The van der Waals surface area contributed by atoms with Crippen LogP contribution in [0.5, 0.6) is 0 Å². The monoisotopic (exact) mass is 390 g/mol. The number of nitrogens with one attached hydrogen (secondary N) is 1. The Morgan fingerprint density at radius 1 is 1.22 bits per heavy atom. The third-order valence-electron chi connectivity index (χ3n) is 4.59. The molecule has 7 nitrogen and oxygen atoms in total. The van der Waals surface area contributed by atoms with E-state index >= 15 is 0 Å². The van der Waals surface area contributed by atoms with E-state index in [9.17, 15) is 18.0 Å². The molecule has 0 aliphatic carbocycles. The van der Waals surface area contributed by atoms with Gasteiger partial charge in [-0.3, -0.25) is 14.5 Å². The summed E-state index contributed by atoms with van der Waals surface area (Å²) in [6.45, 7) is 1.79. The van der Waals surface area contributed by atoms with Gasteiger partial charge in [-0.1, -0.05) is 12.1 Å². The Hall–Kier alpha value is -2.45. The van der Waals surface area contributed by atoms with Gasteiger partial charge in [0.15, 0.2) is 15.6 Å². The number of para-hydroxylation sites is 1. The van der Waals surface area contributed by atoms with Crippen LogP contribution in [-0.2, 0) is 21.2 Å². The number of nitrogens with zero attached hydrogens (tertiary/aromatic N) is 1. The van der Waals surface area contributed by atoms with Crippen molar-refractivity contribution in [3.8, 4) is 0 Å². The lowest BCUT2D eigenvalue weighted by molar-refractivity contribution is -0.118. The molecular weight excluding hydrogens is 368 g/mol. The molecule has 1 saturated heterocycles. The zero-order chi connectivity index (χ0) is 19.4. The van der Waals surface area contributed by atoms with Crippen molar-refractivity contribution in [1.82, 2.24) is 4.90 Å². The number of hydrogen-bond acceptors (Lipinski definition) is 6. The molecule has 1 unspecified atom stereocenters. The summed E-state index contributed by atoms with van der Waals surface area (Å²) in [6.07, 6.45) is 2.03. The van der Waals surface area contributed by atoms with E-state index in [1.54, 1.807) is 42.7 Å². The van der Waals surface area contributed by atoms with Gasteiger partial charge < -0.3 is 9.73 Å². The Balaban J connectivity index is 1.73. The third-order valence-corrected chi connectivity index (χ3v) is 6.34. The number of carbonyl (C=O) groups is 2. The first-order chi connectivity index (χ1) is 12.8. The Kier molecular flexibility index (Phi) is 5.76. The van der Waals surface area contributed by atoms with Crippen LogP contribution in [0.25, 0.3) is 0 Å². The normalized spacial score (nSPS) is 18.5. The van der Waals surface area contributed by atoms with Crippen molar-refractivity contribution >= 4 is 27.2 Å². The Bertz CT molecular complexity index is 921. The molecule has 27 heavy (non-hydrogen) atoms. The molecular formula is C19H22N2O5S. The van der Waals surface area contributed by atoms with Crippen molar-refractivity contribution in [2.24, 2.45) is 0 Å². The van der Waals surface area contributed by atoms with E-state index in [2.05, 4.69) is 5.32 Å². The Morgan fingerprint density at radius 3 is 2.63 bits per heavy atom. The lowest BCUT2D eigenvalue weighted by Gasteiger charge is -2.26. The van der Waals surface area contributed by atoms with Crippen LogP contribution >= 0.6 is 0 Å². The molecule has 0 radical (unpaired) electrons. The average Bonchev–Trinajstić information content (AvgIpc) is 3.23. The fourth-order valence-electron chi connectivity index (χ4n) is 3.25. The number of ketones is 1. The van der Waals surface area contributed by atoms with E-state index in [-0.39, 0.29) is 35.8 Å². The number of rotatable bonds is 7. The zero-order valence-electron chi connectivity index (χ0n) is 15.1. The fraction of sp³-hybridized carbons (Fsp3) is 0.368. The van der Waals surface area contributed by atoms with Crippen molar-refractivity contribution in [3.05, 3.63) is 54.0 Å². The first-order valence-electron chi connectivity index (χ1n) is 8.71. The summed E-state index contributed by atoms with van der Waals surface area (Å²) in [4.78, 5) is 26.1. The Labute approximate surface area is 158 Å². The van der Waals surface area contributed by atoms with Gasteiger partial charge in [0.25, 0.3) is 0 Å².